The summed E-state index contributed by atoms with van der Waals surface area (Å²) in [7, 11) is 3.35. The van der Waals surface area contributed by atoms with Crippen LogP contribution < -0.4 is 9.47 Å². The lowest BCUT2D eigenvalue weighted by molar-refractivity contribution is 0.389. The molecule has 0 saturated carbocycles. The summed E-state index contributed by atoms with van der Waals surface area (Å²) in [5.41, 5.74) is 2.48. The fourth-order valence-corrected chi connectivity index (χ4v) is 2.20. The van der Waals surface area contributed by atoms with E-state index >= 15 is 0 Å². The van der Waals surface area contributed by atoms with Crippen molar-refractivity contribution in [1.29, 1.82) is 0 Å². The molecule has 0 N–H and O–H groups in total. The van der Waals surface area contributed by atoms with Gasteiger partial charge in [0.05, 0.1) is 14.2 Å². The van der Waals surface area contributed by atoms with Crippen molar-refractivity contribution < 1.29 is 9.47 Å². The van der Waals surface area contributed by atoms with Crippen LogP contribution in [-0.4, -0.2) is 14.2 Å². The third kappa shape index (κ3) is 3.16. The smallest absolute Gasteiger partial charge is 0.126 e. The molecule has 0 bridgehead atoms. The zero-order chi connectivity index (χ0) is 13.5. The summed E-state index contributed by atoms with van der Waals surface area (Å²) in [6.45, 7) is 8.05. The van der Waals surface area contributed by atoms with Gasteiger partial charge in [-0.25, -0.2) is 0 Å². The molecule has 0 fully saturated rings. The van der Waals surface area contributed by atoms with Gasteiger partial charge in [0.25, 0.3) is 0 Å². The van der Waals surface area contributed by atoms with Crippen LogP contribution in [0.15, 0.2) is 42.5 Å². The maximum Gasteiger partial charge on any atom is 0.126 e. The van der Waals surface area contributed by atoms with Crippen LogP contribution in [0, 0.1) is 0 Å². The number of rotatable bonds is 6. The Kier molecular flexibility index (Phi) is 5.50. The second kappa shape index (κ2) is 6.90. The molecule has 0 aliphatic carbocycles. The Labute approximate surface area is 110 Å². The number of hydrogen-bond donors (Lipinski definition) is 0. The van der Waals surface area contributed by atoms with Gasteiger partial charge in [-0.15, -0.1) is 0 Å². The van der Waals surface area contributed by atoms with E-state index < -0.39 is 0 Å². The molecule has 1 aromatic rings. The third-order valence-corrected chi connectivity index (χ3v) is 3.15. The standard InChI is InChI=1S/C16H22O2/c1-6-8-12(3)14(7-2)15-10-9-13(17-4)11-16(15)18-5/h6,8-11,14H,1,7H2,2-5H3/t14-/m0/s1. The van der Waals surface area contributed by atoms with E-state index in [-0.39, 0.29) is 0 Å². The molecule has 18 heavy (non-hydrogen) atoms. The Morgan fingerprint density at radius 2 is 2.06 bits per heavy atom. The van der Waals surface area contributed by atoms with Crippen LogP contribution >= 0.6 is 0 Å². The molecule has 1 aromatic carbocycles. The molecule has 2 nitrogen and oxygen atoms in total. The highest BCUT2D eigenvalue weighted by Gasteiger charge is 2.16. The van der Waals surface area contributed by atoms with Gasteiger partial charge in [0.15, 0.2) is 0 Å². The first kappa shape index (κ1) is 14.4. The predicted molar refractivity (Wildman–Crippen MR) is 76.5 cm³/mol. The van der Waals surface area contributed by atoms with E-state index in [1.165, 1.54) is 11.1 Å². The number of benzene rings is 1. The van der Waals surface area contributed by atoms with Crippen molar-refractivity contribution in [3.63, 3.8) is 0 Å². The average Bonchev–Trinajstić information content (AvgIpc) is 2.40. The lowest BCUT2D eigenvalue weighted by Crippen LogP contribution is -2.02. The van der Waals surface area contributed by atoms with Gasteiger partial charge in [-0.3, -0.25) is 0 Å². The van der Waals surface area contributed by atoms with Crippen LogP contribution in [0.2, 0.25) is 0 Å². The fourth-order valence-electron chi connectivity index (χ4n) is 2.20. The summed E-state index contributed by atoms with van der Waals surface area (Å²) < 4.78 is 10.7. The van der Waals surface area contributed by atoms with E-state index in [2.05, 4.69) is 32.6 Å². The van der Waals surface area contributed by atoms with Crippen molar-refractivity contribution in [3.8, 4) is 11.5 Å². The van der Waals surface area contributed by atoms with Gasteiger partial charge in [0, 0.05) is 17.5 Å². The second-order valence-corrected chi connectivity index (χ2v) is 4.22. The molecule has 2 heteroatoms. The van der Waals surface area contributed by atoms with Crippen molar-refractivity contribution in [1.82, 2.24) is 0 Å². The molecule has 0 saturated heterocycles. The Morgan fingerprint density at radius 3 is 2.56 bits per heavy atom. The Balaban J connectivity index is 3.20. The number of allylic oxidation sites excluding steroid dienone is 3. The molecule has 98 valence electrons. The van der Waals surface area contributed by atoms with Gasteiger partial charge in [-0.1, -0.05) is 37.3 Å². The summed E-state index contributed by atoms with van der Waals surface area (Å²) in [6.07, 6.45) is 4.91. The molecular weight excluding hydrogens is 224 g/mol. The van der Waals surface area contributed by atoms with Crippen molar-refractivity contribution in [2.24, 2.45) is 0 Å². The second-order valence-electron chi connectivity index (χ2n) is 4.22. The summed E-state index contributed by atoms with van der Waals surface area (Å²) in [5.74, 6) is 2.04. The highest BCUT2D eigenvalue weighted by atomic mass is 16.5. The van der Waals surface area contributed by atoms with Crippen LogP contribution in [0.4, 0.5) is 0 Å². The molecule has 0 spiro atoms. The maximum atomic E-state index is 5.47. The topological polar surface area (TPSA) is 18.5 Å². The van der Waals surface area contributed by atoms with Gasteiger partial charge in [-0.05, 0) is 19.4 Å². The molecule has 1 rings (SSSR count). The molecule has 1 atom stereocenters. The summed E-state index contributed by atoms with van der Waals surface area (Å²) in [4.78, 5) is 0. The molecule has 0 unspecified atom stereocenters. The lowest BCUT2D eigenvalue weighted by Gasteiger charge is -2.19. The number of methoxy groups -OCH3 is 2. The van der Waals surface area contributed by atoms with Crippen LogP contribution in [-0.2, 0) is 0 Å². The third-order valence-electron chi connectivity index (χ3n) is 3.15. The van der Waals surface area contributed by atoms with E-state index in [9.17, 15) is 0 Å². The summed E-state index contributed by atoms with van der Waals surface area (Å²) in [5, 5.41) is 0. The van der Waals surface area contributed by atoms with Crippen molar-refractivity contribution in [2.45, 2.75) is 26.2 Å². The molecule has 0 aromatic heterocycles. The summed E-state index contributed by atoms with van der Waals surface area (Å²) in [6, 6.07) is 5.98. The van der Waals surface area contributed by atoms with E-state index in [4.69, 9.17) is 9.47 Å². The average molecular weight is 246 g/mol. The van der Waals surface area contributed by atoms with Gasteiger partial charge in [0.2, 0.25) is 0 Å². The van der Waals surface area contributed by atoms with E-state index in [1.54, 1.807) is 14.2 Å². The maximum absolute atomic E-state index is 5.47. The highest BCUT2D eigenvalue weighted by Crippen LogP contribution is 2.36. The van der Waals surface area contributed by atoms with Crippen LogP contribution in [0.25, 0.3) is 0 Å². The molecule has 0 amide bonds. The van der Waals surface area contributed by atoms with Gasteiger partial charge in [0.1, 0.15) is 11.5 Å². The Morgan fingerprint density at radius 1 is 1.33 bits per heavy atom. The van der Waals surface area contributed by atoms with Crippen LogP contribution in [0.5, 0.6) is 11.5 Å². The van der Waals surface area contributed by atoms with Crippen molar-refractivity contribution in [2.75, 3.05) is 14.2 Å². The fraction of sp³-hybridized carbons (Fsp3) is 0.375. The zero-order valence-corrected chi connectivity index (χ0v) is 11.7. The monoisotopic (exact) mass is 246 g/mol. The highest BCUT2D eigenvalue weighted by molar-refractivity contribution is 5.45. The predicted octanol–water partition coefficient (Wildman–Crippen LogP) is 4.33. The number of hydrogen-bond acceptors (Lipinski definition) is 2. The lowest BCUT2D eigenvalue weighted by atomic mass is 9.88. The number of ether oxygens (including phenoxy) is 2. The normalized spacial score (nSPS) is 13.0. The minimum absolute atomic E-state index is 0.351. The molecule has 0 aliphatic rings. The van der Waals surface area contributed by atoms with Gasteiger partial charge in [-0.2, -0.15) is 0 Å². The minimum atomic E-state index is 0.351. The molecule has 0 aliphatic heterocycles. The zero-order valence-electron chi connectivity index (χ0n) is 11.7. The van der Waals surface area contributed by atoms with Crippen LogP contribution in [0.3, 0.4) is 0 Å². The SMILES string of the molecule is C=CC=C(C)[C@H](CC)c1ccc(OC)cc1OC. The largest absolute Gasteiger partial charge is 0.497 e. The van der Waals surface area contributed by atoms with E-state index in [0.717, 1.165) is 17.9 Å². The molecule has 0 heterocycles. The van der Waals surface area contributed by atoms with E-state index in [0.29, 0.717) is 5.92 Å². The van der Waals surface area contributed by atoms with Gasteiger partial charge >= 0.3 is 0 Å². The van der Waals surface area contributed by atoms with Crippen LogP contribution in [0.1, 0.15) is 31.7 Å². The Bertz CT molecular complexity index is 433. The summed E-state index contributed by atoms with van der Waals surface area (Å²) >= 11 is 0. The molecular formula is C16H22O2. The first-order valence-corrected chi connectivity index (χ1v) is 6.19. The van der Waals surface area contributed by atoms with Crippen molar-refractivity contribution in [3.05, 3.63) is 48.1 Å². The quantitative estimate of drug-likeness (QED) is 0.695. The van der Waals surface area contributed by atoms with Gasteiger partial charge < -0.3 is 9.47 Å². The minimum Gasteiger partial charge on any atom is -0.497 e. The van der Waals surface area contributed by atoms with E-state index in [1.807, 2.05) is 18.2 Å². The first-order valence-electron chi connectivity index (χ1n) is 6.19. The van der Waals surface area contributed by atoms with Crippen molar-refractivity contribution >= 4 is 0 Å². The first-order chi connectivity index (χ1) is 8.67. The molecule has 0 radical (unpaired) electrons. The Hall–Kier alpha value is -1.70.